The van der Waals surface area contributed by atoms with Crippen molar-refractivity contribution in [3.05, 3.63) is 34.9 Å². The molecule has 0 spiro atoms. The fraction of sp³-hybridized carbons (Fsp3) is 0.500. The molecule has 0 N–H and O–H groups in total. The Balaban J connectivity index is 2.30. The molecule has 0 saturated carbocycles. The van der Waals surface area contributed by atoms with Crippen LogP contribution in [0.25, 0.3) is 10.9 Å². The molecule has 2 rings (SSSR count). The molecular formula is C14H20N2O3. The number of methoxy groups -OCH3 is 1. The van der Waals surface area contributed by atoms with Gasteiger partial charge in [-0.1, -0.05) is 0 Å². The fourth-order valence-corrected chi connectivity index (χ4v) is 2.10. The maximum atomic E-state index is 12.4. The molecule has 0 aliphatic carbocycles. The zero-order chi connectivity index (χ0) is 13.7. The molecule has 0 aromatic carbocycles. The van der Waals surface area contributed by atoms with Gasteiger partial charge in [-0.05, 0) is 19.1 Å². The molecule has 2 aromatic rings. The van der Waals surface area contributed by atoms with E-state index in [1.54, 1.807) is 11.7 Å². The van der Waals surface area contributed by atoms with Gasteiger partial charge in [0.1, 0.15) is 5.52 Å². The predicted octanol–water partition coefficient (Wildman–Crippen LogP) is 1.49. The summed E-state index contributed by atoms with van der Waals surface area (Å²) in [7, 11) is 1.66. The van der Waals surface area contributed by atoms with Gasteiger partial charge in [-0.15, -0.1) is 0 Å². The average Bonchev–Trinajstić information content (AvgIpc) is 2.83. The maximum absolute atomic E-state index is 12.4. The zero-order valence-electron chi connectivity index (χ0n) is 11.5. The SMILES string of the molecule is CCOCCn1ccc2ccn(CCOC)c2c1=O. The standard InChI is InChI=1S/C14H20N2O3/c1-3-19-11-9-16-7-5-12-4-6-15(8-10-18-2)13(12)14(16)17/h4-7H,3,8-11H2,1-2H3. The van der Waals surface area contributed by atoms with Gasteiger partial charge in [0.2, 0.25) is 0 Å². The number of fused-ring (bicyclic) bond motifs is 1. The van der Waals surface area contributed by atoms with E-state index < -0.39 is 0 Å². The molecule has 0 amide bonds. The molecule has 2 aromatic heterocycles. The molecule has 0 unspecified atom stereocenters. The van der Waals surface area contributed by atoms with Gasteiger partial charge in [-0.3, -0.25) is 4.79 Å². The summed E-state index contributed by atoms with van der Waals surface area (Å²) < 4.78 is 14.0. The highest BCUT2D eigenvalue weighted by Crippen LogP contribution is 2.11. The van der Waals surface area contributed by atoms with Gasteiger partial charge in [0, 0.05) is 44.6 Å². The second-order valence-corrected chi connectivity index (χ2v) is 4.32. The summed E-state index contributed by atoms with van der Waals surface area (Å²) in [6.45, 7) is 5.03. The van der Waals surface area contributed by atoms with Gasteiger partial charge in [0.05, 0.1) is 13.2 Å². The van der Waals surface area contributed by atoms with Crippen molar-refractivity contribution in [2.75, 3.05) is 26.9 Å². The first kappa shape index (κ1) is 13.8. The fourth-order valence-electron chi connectivity index (χ4n) is 2.10. The van der Waals surface area contributed by atoms with Crippen molar-refractivity contribution in [2.24, 2.45) is 0 Å². The summed E-state index contributed by atoms with van der Waals surface area (Å²) in [6, 6.07) is 3.92. The van der Waals surface area contributed by atoms with Crippen LogP contribution >= 0.6 is 0 Å². The van der Waals surface area contributed by atoms with Gasteiger partial charge < -0.3 is 18.6 Å². The summed E-state index contributed by atoms with van der Waals surface area (Å²) in [4.78, 5) is 12.4. The molecule has 0 aliphatic rings. The topological polar surface area (TPSA) is 45.4 Å². The van der Waals surface area contributed by atoms with Crippen LogP contribution in [-0.2, 0) is 22.6 Å². The second kappa shape index (κ2) is 6.54. The van der Waals surface area contributed by atoms with Crippen molar-refractivity contribution in [3.8, 4) is 0 Å². The third kappa shape index (κ3) is 3.05. The van der Waals surface area contributed by atoms with Crippen LogP contribution in [0.4, 0.5) is 0 Å². The number of nitrogens with zero attached hydrogens (tertiary/aromatic N) is 2. The smallest absolute Gasteiger partial charge is 0.275 e. The van der Waals surface area contributed by atoms with Crippen molar-refractivity contribution in [3.63, 3.8) is 0 Å². The van der Waals surface area contributed by atoms with E-state index in [1.165, 1.54) is 0 Å². The molecule has 104 valence electrons. The van der Waals surface area contributed by atoms with E-state index in [-0.39, 0.29) is 5.56 Å². The molecular weight excluding hydrogens is 244 g/mol. The minimum absolute atomic E-state index is 0.0262. The van der Waals surface area contributed by atoms with Crippen LogP contribution in [0, 0.1) is 0 Å². The Kier molecular flexibility index (Phi) is 4.76. The van der Waals surface area contributed by atoms with Crippen LogP contribution in [0.3, 0.4) is 0 Å². The Morgan fingerprint density at radius 2 is 1.79 bits per heavy atom. The van der Waals surface area contributed by atoms with E-state index >= 15 is 0 Å². The number of hydrogen-bond acceptors (Lipinski definition) is 3. The third-order valence-electron chi connectivity index (χ3n) is 3.11. The Bertz CT molecular complexity index is 586. The van der Waals surface area contributed by atoms with Crippen LogP contribution in [0.2, 0.25) is 0 Å². The zero-order valence-corrected chi connectivity index (χ0v) is 11.5. The van der Waals surface area contributed by atoms with Crippen molar-refractivity contribution < 1.29 is 9.47 Å². The van der Waals surface area contributed by atoms with Crippen molar-refractivity contribution in [1.82, 2.24) is 9.13 Å². The molecule has 0 radical (unpaired) electrons. The lowest BCUT2D eigenvalue weighted by Gasteiger charge is -2.08. The summed E-state index contributed by atoms with van der Waals surface area (Å²) in [6.07, 6.45) is 3.75. The number of hydrogen-bond donors (Lipinski definition) is 0. The largest absolute Gasteiger partial charge is 0.383 e. The number of aromatic nitrogens is 2. The first-order valence-corrected chi connectivity index (χ1v) is 6.53. The van der Waals surface area contributed by atoms with Crippen LogP contribution in [0.15, 0.2) is 29.3 Å². The predicted molar refractivity (Wildman–Crippen MR) is 74.6 cm³/mol. The second-order valence-electron chi connectivity index (χ2n) is 4.32. The maximum Gasteiger partial charge on any atom is 0.275 e. The van der Waals surface area contributed by atoms with Crippen LogP contribution < -0.4 is 5.56 Å². The molecule has 0 saturated heterocycles. The summed E-state index contributed by atoms with van der Waals surface area (Å²) in [5.41, 5.74) is 0.759. The van der Waals surface area contributed by atoms with E-state index in [0.717, 1.165) is 10.9 Å². The van der Waals surface area contributed by atoms with Gasteiger partial charge in [0.15, 0.2) is 0 Å². The van der Waals surface area contributed by atoms with Crippen molar-refractivity contribution >= 4 is 10.9 Å². The van der Waals surface area contributed by atoms with Gasteiger partial charge in [0.25, 0.3) is 5.56 Å². The Labute approximate surface area is 112 Å². The quantitative estimate of drug-likeness (QED) is 0.712. The van der Waals surface area contributed by atoms with E-state index in [9.17, 15) is 4.79 Å². The Morgan fingerprint density at radius 1 is 1.11 bits per heavy atom. The highest BCUT2D eigenvalue weighted by atomic mass is 16.5. The van der Waals surface area contributed by atoms with Crippen LogP contribution in [-0.4, -0.2) is 36.1 Å². The number of pyridine rings is 1. The highest BCUT2D eigenvalue weighted by molar-refractivity contribution is 5.78. The van der Waals surface area contributed by atoms with Crippen molar-refractivity contribution in [2.45, 2.75) is 20.0 Å². The Morgan fingerprint density at radius 3 is 2.47 bits per heavy atom. The number of rotatable bonds is 7. The first-order chi connectivity index (χ1) is 9.27. The monoisotopic (exact) mass is 264 g/mol. The van der Waals surface area contributed by atoms with Gasteiger partial charge >= 0.3 is 0 Å². The van der Waals surface area contributed by atoms with Crippen LogP contribution in [0.5, 0.6) is 0 Å². The van der Waals surface area contributed by atoms with Crippen molar-refractivity contribution in [1.29, 1.82) is 0 Å². The Hall–Kier alpha value is -1.59. The molecule has 0 aliphatic heterocycles. The van der Waals surface area contributed by atoms with E-state index in [4.69, 9.17) is 9.47 Å². The van der Waals surface area contributed by atoms with Gasteiger partial charge in [-0.2, -0.15) is 0 Å². The van der Waals surface area contributed by atoms with E-state index in [2.05, 4.69) is 0 Å². The molecule has 5 heteroatoms. The van der Waals surface area contributed by atoms with E-state index in [1.807, 2.05) is 36.0 Å². The average molecular weight is 264 g/mol. The molecule has 2 heterocycles. The molecule has 0 bridgehead atoms. The minimum atomic E-state index is 0.0262. The lowest BCUT2D eigenvalue weighted by molar-refractivity contribution is 0.138. The minimum Gasteiger partial charge on any atom is -0.383 e. The molecule has 0 atom stereocenters. The molecule has 0 fully saturated rings. The third-order valence-corrected chi connectivity index (χ3v) is 3.11. The van der Waals surface area contributed by atoms with Crippen LogP contribution in [0.1, 0.15) is 6.92 Å². The first-order valence-electron chi connectivity index (χ1n) is 6.53. The normalized spacial score (nSPS) is 11.3. The lowest BCUT2D eigenvalue weighted by atomic mass is 10.3. The number of ether oxygens (including phenoxy) is 2. The highest BCUT2D eigenvalue weighted by Gasteiger charge is 2.07. The summed E-state index contributed by atoms with van der Waals surface area (Å²) >= 11 is 0. The van der Waals surface area contributed by atoms with Gasteiger partial charge in [-0.25, -0.2) is 0 Å². The summed E-state index contributed by atoms with van der Waals surface area (Å²) in [5, 5.41) is 0.966. The molecule has 19 heavy (non-hydrogen) atoms. The lowest BCUT2D eigenvalue weighted by Crippen LogP contribution is -2.23. The molecule has 5 nitrogen and oxygen atoms in total. The summed E-state index contributed by atoms with van der Waals surface area (Å²) in [5.74, 6) is 0. The van der Waals surface area contributed by atoms with E-state index in [0.29, 0.717) is 32.9 Å².